The second-order valence-electron chi connectivity index (χ2n) is 5.83. The van der Waals surface area contributed by atoms with Gasteiger partial charge in [0, 0.05) is 11.6 Å². The van der Waals surface area contributed by atoms with Gasteiger partial charge in [-0.05, 0) is 55.4 Å². The molecule has 2 nitrogen and oxygen atoms in total. The van der Waals surface area contributed by atoms with E-state index in [4.69, 9.17) is 0 Å². The van der Waals surface area contributed by atoms with Crippen LogP contribution < -0.4 is 5.32 Å². The SMILES string of the molecule is O=C(NC1CC2CCC1C2)c1ccc(C(F)(F)F)cc1. The quantitative estimate of drug-likeness (QED) is 0.882. The normalized spacial score (nSPS) is 28.6. The number of carbonyl (C=O) groups excluding carboxylic acids is 1. The Morgan fingerprint density at radius 1 is 1.10 bits per heavy atom. The van der Waals surface area contributed by atoms with Crippen molar-refractivity contribution >= 4 is 5.91 Å². The monoisotopic (exact) mass is 283 g/mol. The molecule has 108 valence electrons. The van der Waals surface area contributed by atoms with Crippen molar-refractivity contribution in [1.29, 1.82) is 0 Å². The number of fused-ring (bicyclic) bond motifs is 2. The van der Waals surface area contributed by atoms with Crippen molar-refractivity contribution < 1.29 is 18.0 Å². The van der Waals surface area contributed by atoms with E-state index in [-0.39, 0.29) is 11.9 Å². The van der Waals surface area contributed by atoms with Gasteiger partial charge in [-0.1, -0.05) is 6.42 Å². The van der Waals surface area contributed by atoms with Gasteiger partial charge in [0.1, 0.15) is 0 Å². The Bertz CT molecular complexity index is 509. The van der Waals surface area contributed by atoms with Gasteiger partial charge < -0.3 is 5.32 Å². The Hall–Kier alpha value is -1.52. The van der Waals surface area contributed by atoms with Crippen LogP contribution in [0.15, 0.2) is 24.3 Å². The first kappa shape index (κ1) is 13.5. The second kappa shape index (κ2) is 4.79. The zero-order valence-corrected chi connectivity index (χ0v) is 10.9. The number of nitrogens with one attached hydrogen (secondary N) is 1. The average molecular weight is 283 g/mol. The molecule has 5 heteroatoms. The highest BCUT2D eigenvalue weighted by Gasteiger charge is 2.40. The maximum Gasteiger partial charge on any atom is 0.416 e. The maximum absolute atomic E-state index is 12.4. The number of rotatable bonds is 2. The summed E-state index contributed by atoms with van der Waals surface area (Å²) in [5, 5.41) is 2.96. The van der Waals surface area contributed by atoms with Crippen molar-refractivity contribution in [1.82, 2.24) is 5.32 Å². The highest BCUT2D eigenvalue weighted by atomic mass is 19.4. The van der Waals surface area contributed by atoms with Crippen molar-refractivity contribution in [3.05, 3.63) is 35.4 Å². The van der Waals surface area contributed by atoms with Gasteiger partial charge in [-0.15, -0.1) is 0 Å². The van der Waals surface area contributed by atoms with Crippen LogP contribution in [0.3, 0.4) is 0 Å². The molecule has 2 aliphatic rings. The Labute approximate surface area is 115 Å². The molecule has 1 amide bonds. The number of hydrogen-bond donors (Lipinski definition) is 1. The number of benzene rings is 1. The van der Waals surface area contributed by atoms with Gasteiger partial charge in [0.15, 0.2) is 0 Å². The maximum atomic E-state index is 12.4. The third kappa shape index (κ3) is 2.53. The molecule has 0 saturated heterocycles. The summed E-state index contributed by atoms with van der Waals surface area (Å²) in [6.07, 6.45) is 0.231. The van der Waals surface area contributed by atoms with E-state index in [0.717, 1.165) is 30.9 Å². The Balaban J connectivity index is 1.65. The van der Waals surface area contributed by atoms with Crippen LogP contribution in [0.5, 0.6) is 0 Å². The smallest absolute Gasteiger partial charge is 0.349 e. The van der Waals surface area contributed by atoms with Gasteiger partial charge in [0.25, 0.3) is 5.91 Å². The minimum atomic E-state index is -4.36. The lowest BCUT2D eigenvalue weighted by molar-refractivity contribution is -0.137. The fourth-order valence-corrected chi connectivity index (χ4v) is 3.48. The van der Waals surface area contributed by atoms with Crippen LogP contribution in [-0.2, 0) is 6.18 Å². The summed E-state index contributed by atoms with van der Waals surface area (Å²) in [5.41, 5.74) is -0.435. The molecule has 1 aromatic rings. The number of carbonyl (C=O) groups is 1. The first-order valence-electron chi connectivity index (χ1n) is 6.91. The lowest BCUT2D eigenvalue weighted by Crippen LogP contribution is -2.38. The van der Waals surface area contributed by atoms with Gasteiger partial charge in [-0.2, -0.15) is 13.2 Å². The van der Waals surface area contributed by atoms with Crippen LogP contribution in [0, 0.1) is 11.8 Å². The molecule has 0 aromatic heterocycles. The van der Waals surface area contributed by atoms with Gasteiger partial charge >= 0.3 is 6.18 Å². The molecule has 3 atom stereocenters. The molecule has 3 unspecified atom stereocenters. The average Bonchev–Trinajstić information content (AvgIpc) is 3.00. The van der Waals surface area contributed by atoms with Gasteiger partial charge in [0.2, 0.25) is 0 Å². The van der Waals surface area contributed by atoms with E-state index < -0.39 is 11.7 Å². The van der Waals surface area contributed by atoms with Crippen LogP contribution in [-0.4, -0.2) is 11.9 Å². The molecular formula is C15H16F3NO. The second-order valence-corrected chi connectivity index (χ2v) is 5.83. The molecule has 0 spiro atoms. The summed E-state index contributed by atoms with van der Waals surface area (Å²) in [7, 11) is 0. The first-order valence-corrected chi connectivity index (χ1v) is 6.91. The summed E-state index contributed by atoms with van der Waals surface area (Å²) < 4.78 is 37.3. The third-order valence-electron chi connectivity index (χ3n) is 4.53. The summed E-state index contributed by atoms with van der Waals surface area (Å²) >= 11 is 0. The molecule has 20 heavy (non-hydrogen) atoms. The summed E-state index contributed by atoms with van der Waals surface area (Å²) in [5.74, 6) is 1.01. The Kier molecular flexibility index (Phi) is 3.22. The van der Waals surface area contributed by atoms with Crippen molar-refractivity contribution in [2.75, 3.05) is 0 Å². The molecule has 3 rings (SSSR count). The zero-order valence-electron chi connectivity index (χ0n) is 10.9. The molecular weight excluding hydrogens is 267 g/mol. The summed E-state index contributed by atoms with van der Waals surface area (Å²) in [4.78, 5) is 12.0. The van der Waals surface area contributed by atoms with Crippen LogP contribution >= 0.6 is 0 Å². The van der Waals surface area contributed by atoms with Crippen LogP contribution in [0.4, 0.5) is 13.2 Å². The molecule has 2 saturated carbocycles. The minimum Gasteiger partial charge on any atom is -0.349 e. The lowest BCUT2D eigenvalue weighted by Gasteiger charge is -2.22. The fraction of sp³-hybridized carbons (Fsp3) is 0.533. The van der Waals surface area contributed by atoms with Gasteiger partial charge in [-0.25, -0.2) is 0 Å². The van der Waals surface area contributed by atoms with E-state index in [9.17, 15) is 18.0 Å². The van der Waals surface area contributed by atoms with E-state index in [1.54, 1.807) is 0 Å². The topological polar surface area (TPSA) is 29.1 Å². The lowest BCUT2D eigenvalue weighted by atomic mass is 9.95. The van der Waals surface area contributed by atoms with Gasteiger partial charge in [-0.3, -0.25) is 4.79 Å². The van der Waals surface area contributed by atoms with E-state index in [1.165, 1.54) is 25.0 Å². The number of halogens is 3. The molecule has 1 aromatic carbocycles. The summed E-state index contributed by atoms with van der Waals surface area (Å²) in [6.45, 7) is 0. The Morgan fingerprint density at radius 3 is 2.30 bits per heavy atom. The molecule has 0 aliphatic heterocycles. The van der Waals surface area contributed by atoms with Crippen molar-refractivity contribution in [3.8, 4) is 0 Å². The molecule has 2 bridgehead atoms. The van der Waals surface area contributed by atoms with E-state index in [1.807, 2.05) is 0 Å². The number of alkyl halides is 3. The van der Waals surface area contributed by atoms with Crippen molar-refractivity contribution in [2.45, 2.75) is 37.9 Å². The predicted molar refractivity (Wildman–Crippen MR) is 68.1 cm³/mol. The first-order chi connectivity index (χ1) is 9.43. The molecule has 2 fully saturated rings. The van der Waals surface area contributed by atoms with E-state index >= 15 is 0 Å². The third-order valence-corrected chi connectivity index (χ3v) is 4.53. The molecule has 2 aliphatic carbocycles. The molecule has 1 N–H and O–H groups in total. The Morgan fingerprint density at radius 2 is 1.80 bits per heavy atom. The number of hydrogen-bond acceptors (Lipinski definition) is 1. The standard InChI is InChI=1S/C15H16F3NO/c16-15(17,18)12-5-3-10(4-6-12)14(20)19-13-8-9-1-2-11(13)7-9/h3-6,9,11,13H,1-2,7-8H2,(H,19,20). The number of amides is 1. The van der Waals surface area contributed by atoms with Crippen molar-refractivity contribution in [3.63, 3.8) is 0 Å². The summed E-state index contributed by atoms with van der Waals surface area (Å²) in [6, 6.07) is 4.59. The van der Waals surface area contributed by atoms with Crippen LogP contribution in [0.25, 0.3) is 0 Å². The van der Waals surface area contributed by atoms with E-state index in [0.29, 0.717) is 11.5 Å². The van der Waals surface area contributed by atoms with E-state index in [2.05, 4.69) is 5.32 Å². The largest absolute Gasteiger partial charge is 0.416 e. The molecule has 0 radical (unpaired) electrons. The zero-order chi connectivity index (χ0) is 14.3. The molecule has 0 heterocycles. The van der Waals surface area contributed by atoms with Crippen LogP contribution in [0.2, 0.25) is 0 Å². The van der Waals surface area contributed by atoms with Gasteiger partial charge in [0.05, 0.1) is 5.56 Å². The van der Waals surface area contributed by atoms with Crippen LogP contribution in [0.1, 0.15) is 41.6 Å². The predicted octanol–water partition coefficient (Wildman–Crippen LogP) is 3.62. The van der Waals surface area contributed by atoms with Crippen molar-refractivity contribution in [2.24, 2.45) is 11.8 Å². The fourth-order valence-electron chi connectivity index (χ4n) is 3.48. The highest BCUT2D eigenvalue weighted by Crippen LogP contribution is 2.44. The highest BCUT2D eigenvalue weighted by molar-refractivity contribution is 5.94. The minimum absolute atomic E-state index is 0.198.